The molecule has 0 spiro atoms. The van der Waals surface area contributed by atoms with E-state index in [0.717, 1.165) is 30.5 Å². The van der Waals surface area contributed by atoms with Crippen molar-refractivity contribution in [2.75, 3.05) is 26.2 Å². The molecule has 1 aromatic heterocycles. The summed E-state index contributed by atoms with van der Waals surface area (Å²) in [7, 11) is 1.90. The highest BCUT2D eigenvalue weighted by molar-refractivity contribution is 5.98. The number of nitrogens with one attached hydrogen (secondary N) is 1. The molecule has 2 atom stereocenters. The van der Waals surface area contributed by atoms with Gasteiger partial charge in [-0.3, -0.25) is 14.3 Å². The first-order chi connectivity index (χ1) is 13.1. The van der Waals surface area contributed by atoms with E-state index in [0.29, 0.717) is 19.6 Å². The number of rotatable bonds is 4. The molecule has 0 bridgehead atoms. The lowest BCUT2D eigenvalue weighted by atomic mass is 9.86. The quantitative estimate of drug-likeness (QED) is 0.796. The summed E-state index contributed by atoms with van der Waals surface area (Å²) < 4.78 is 1.79. The zero-order valence-electron chi connectivity index (χ0n) is 16.1. The summed E-state index contributed by atoms with van der Waals surface area (Å²) in [5, 5.41) is 7.61. The molecule has 28 heavy (non-hydrogen) atoms. The van der Waals surface area contributed by atoms with Gasteiger partial charge < -0.3 is 10.2 Å². The minimum atomic E-state index is -0.0458. The van der Waals surface area contributed by atoms with Crippen molar-refractivity contribution in [2.24, 2.45) is 18.9 Å². The lowest BCUT2D eigenvalue weighted by molar-refractivity contribution is -0.136. The largest absolute Gasteiger partial charge is 0.342 e. The maximum absolute atomic E-state index is 13.1. The van der Waals surface area contributed by atoms with Crippen molar-refractivity contribution in [3.8, 4) is 0 Å². The van der Waals surface area contributed by atoms with Crippen LogP contribution < -0.4 is 5.32 Å². The Morgan fingerprint density at radius 1 is 1.11 bits per heavy atom. The summed E-state index contributed by atoms with van der Waals surface area (Å²) in [4.78, 5) is 27.7. The monoisotopic (exact) mass is 402 g/mol. The average Bonchev–Trinajstić information content (AvgIpc) is 3.36. The van der Waals surface area contributed by atoms with E-state index >= 15 is 0 Å². The first-order valence-corrected chi connectivity index (χ1v) is 9.71. The zero-order valence-corrected chi connectivity index (χ0v) is 16.9. The standard InChI is InChI=1S/C21H26N4O2.ClH/c1-24-14-17(11-23-24)18-12-22-13-19(18)21(27)25-9-7-16(8-10-25)20(26)15-5-3-2-4-6-15;/h2-6,11,14,16,18-19,22H,7-10,12-13H2,1H3;1H/t18-,19+;/m1./s1. The van der Waals surface area contributed by atoms with E-state index in [1.54, 1.807) is 4.68 Å². The van der Waals surface area contributed by atoms with Crippen molar-refractivity contribution in [3.05, 3.63) is 53.9 Å². The van der Waals surface area contributed by atoms with E-state index in [1.807, 2.05) is 54.7 Å². The molecule has 2 aliphatic rings. The number of amides is 1. The molecule has 1 amide bonds. The molecule has 0 saturated carbocycles. The Balaban J connectivity index is 0.00000225. The Hall–Kier alpha value is -2.18. The van der Waals surface area contributed by atoms with Gasteiger partial charge in [-0.25, -0.2) is 0 Å². The van der Waals surface area contributed by atoms with Crippen LogP contribution >= 0.6 is 12.4 Å². The SMILES string of the molecule is Cl.Cn1cc([C@H]2CNC[C@@H]2C(=O)N2CCC(C(=O)c3ccccc3)CC2)cn1. The van der Waals surface area contributed by atoms with E-state index in [2.05, 4.69) is 10.4 Å². The summed E-state index contributed by atoms with van der Waals surface area (Å²) in [5.41, 5.74) is 1.90. The molecule has 7 heteroatoms. The van der Waals surface area contributed by atoms with Crippen molar-refractivity contribution < 1.29 is 9.59 Å². The van der Waals surface area contributed by atoms with Crippen LogP contribution in [0, 0.1) is 11.8 Å². The Bertz CT molecular complexity index is 815. The van der Waals surface area contributed by atoms with Crippen molar-refractivity contribution in [1.82, 2.24) is 20.0 Å². The maximum Gasteiger partial charge on any atom is 0.227 e. The van der Waals surface area contributed by atoms with Gasteiger partial charge in [0.2, 0.25) is 5.91 Å². The lowest BCUT2D eigenvalue weighted by Crippen LogP contribution is -2.44. The number of likely N-dealkylation sites (tertiary alicyclic amines) is 1. The number of benzene rings is 1. The predicted molar refractivity (Wildman–Crippen MR) is 110 cm³/mol. The molecule has 2 aliphatic heterocycles. The molecular weight excluding hydrogens is 376 g/mol. The number of carbonyl (C=O) groups excluding carboxylic acids is 2. The van der Waals surface area contributed by atoms with Gasteiger partial charge in [0, 0.05) is 56.8 Å². The third-order valence-electron chi connectivity index (χ3n) is 5.92. The molecule has 2 fully saturated rings. The number of hydrogen-bond acceptors (Lipinski definition) is 4. The van der Waals surface area contributed by atoms with Gasteiger partial charge in [-0.2, -0.15) is 5.10 Å². The van der Waals surface area contributed by atoms with Gasteiger partial charge >= 0.3 is 0 Å². The summed E-state index contributed by atoms with van der Waals surface area (Å²) in [6.45, 7) is 2.85. The van der Waals surface area contributed by atoms with E-state index in [-0.39, 0.29) is 41.9 Å². The molecule has 2 aromatic rings. The molecule has 0 aliphatic carbocycles. The molecule has 3 heterocycles. The molecule has 150 valence electrons. The molecule has 2 saturated heterocycles. The number of carbonyl (C=O) groups is 2. The normalized spacial score (nSPS) is 22.7. The van der Waals surface area contributed by atoms with Gasteiger partial charge in [-0.15, -0.1) is 12.4 Å². The second-order valence-corrected chi connectivity index (χ2v) is 7.65. The van der Waals surface area contributed by atoms with Gasteiger partial charge in [0.25, 0.3) is 0 Å². The number of aromatic nitrogens is 2. The third kappa shape index (κ3) is 4.13. The average molecular weight is 403 g/mol. The number of aryl methyl sites for hydroxylation is 1. The molecule has 4 rings (SSSR count). The Morgan fingerprint density at radius 3 is 2.46 bits per heavy atom. The Labute approximate surface area is 171 Å². The number of Topliss-reactive ketones (excluding diaryl/α,β-unsaturated/α-hetero) is 1. The first-order valence-electron chi connectivity index (χ1n) is 9.71. The highest BCUT2D eigenvalue weighted by atomic mass is 35.5. The summed E-state index contributed by atoms with van der Waals surface area (Å²) in [6.07, 6.45) is 5.36. The van der Waals surface area contributed by atoms with Crippen LogP contribution in [0.3, 0.4) is 0 Å². The Morgan fingerprint density at radius 2 is 1.82 bits per heavy atom. The smallest absolute Gasteiger partial charge is 0.227 e. The second-order valence-electron chi connectivity index (χ2n) is 7.65. The van der Waals surface area contributed by atoms with E-state index < -0.39 is 0 Å². The van der Waals surface area contributed by atoms with Crippen molar-refractivity contribution in [3.63, 3.8) is 0 Å². The van der Waals surface area contributed by atoms with Gasteiger partial charge in [-0.05, 0) is 18.4 Å². The van der Waals surface area contributed by atoms with Crippen molar-refractivity contribution in [2.45, 2.75) is 18.8 Å². The third-order valence-corrected chi connectivity index (χ3v) is 5.92. The fraction of sp³-hybridized carbons (Fsp3) is 0.476. The van der Waals surface area contributed by atoms with Gasteiger partial charge in [0.05, 0.1) is 12.1 Å². The van der Waals surface area contributed by atoms with Crippen LogP contribution in [0.25, 0.3) is 0 Å². The highest BCUT2D eigenvalue weighted by Crippen LogP contribution is 2.31. The van der Waals surface area contributed by atoms with Crippen LogP contribution in [0.2, 0.25) is 0 Å². The molecule has 6 nitrogen and oxygen atoms in total. The molecule has 0 radical (unpaired) electrons. The van der Waals surface area contributed by atoms with Crippen LogP contribution in [0.4, 0.5) is 0 Å². The van der Waals surface area contributed by atoms with E-state index in [4.69, 9.17) is 0 Å². The first kappa shape index (κ1) is 20.6. The summed E-state index contributed by atoms with van der Waals surface area (Å²) in [6, 6.07) is 9.48. The van der Waals surface area contributed by atoms with Crippen LogP contribution in [0.15, 0.2) is 42.7 Å². The van der Waals surface area contributed by atoms with Crippen LogP contribution in [-0.4, -0.2) is 52.5 Å². The van der Waals surface area contributed by atoms with Crippen LogP contribution in [0.1, 0.15) is 34.7 Å². The highest BCUT2D eigenvalue weighted by Gasteiger charge is 2.38. The van der Waals surface area contributed by atoms with E-state index in [1.165, 1.54) is 0 Å². The fourth-order valence-electron chi connectivity index (χ4n) is 4.35. The Kier molecular flexibility index (Phi) is 6.52. The number of piperidine rings is 1. The van der Waals surface area contributed by atoms with Gasteiger partial charge in [0.1, 0.15) is 0 Å². The molecular formula is C21H27ClN4O2. The van der Waals surface area contributed by atoms with Gasteiger partial charge in [-0.1, -0.05) is 30.3 Å². The number of hydrogen-bond donors (Lipinski definition) is 1. The minimum Gasteiger partial charge on any atom is -0.342 e. The minimum absolute atomic E-state index is 0. The molecule has 1 aromatic carbocycles. The van der Waals surface area contributed by atoms with Crippen molar-refractivity contribution in [1.29, 1.82) is 0 Å². The van der Waals surface area contributed by atoms with Crippen LogP contribution in [0.5, 0.6) is 0 Å². The maximum atomic E-state index is 13.1. The summed E-state index contributed by atoms with van der Waals surface area (Å²) in [5.74, 6) is 0.565. The van der Waals surface area contributed by atoms with Gasteiger partial charge in [0.15, 0.2) is 5.78 Å². The molecule has 0 unspecified atom stereocenters. The lowest BCUT2D eigenvalue weighted by Gasteiger charge is -2.34. The molecule has 1 N–H and O–H groups in total. The number of ketones is 1. The van der Waals surface area contributed by atoms with E-state index in [9.17, 15) is 9.59 Å². The topological polar surface area (TPSA) is 67.2 Å². The number of halogens is 1. The second kappa shape index (κ2) is 8.88. The zero-order chi connectivity index (χ0) is 18.8. The predicted octanol–water partition coefficient (Wildman–Crippen LogP) is 2.27. The summed E-state index contributed by atoms with van der Waals surface area (Å²) >= 11 is 0. The van der Waals surface area contributed by atoms with Crippen LogP contribution in [-0.2, 0) is 11.8 Å². The van der Waals surface area contributed by atoms with Crippen molar-refractivity contribution >= 4 is 24.1 Å². The fourth-order valence-corrected chi connectivity index (χ4v) is 4.35. The number of nitrogens with zero attached hydrogens (tertiary/aromatic N) is 3.